The third kappa shape index (κ3) is 6.90. The predicted octanol–water partition coefficient (Wildman–Crippen LogP) is 4.80. The molecule has 2 amide bonds. The summed E-state index contributed by atoms with van der Waals surface area (Å²) in [4.78, 5) is 27.6. The minimum atomic E-state index is -0.518. The monoisotopic (exact) mass is 454 g/mol. The summed E-state index contributed by atoms with van der Waals surface area (Å²) < 4.78 is 0. The van der Waals surface area contributed by atoms with Crippen LogP contribution in [-0.2, 0) is 4.79 Å². The van der Waals surface area contributed by atoms with Gasteiger partial charge in [-0.15, -0.1) is 0 Å². The lowest BCUT2D eigenvalue weighted by atomic mass is 10.0. The van der Waals surface area contributed by atoms with Gasteiger partial charge in [-0.2, -0.15) is 5.10 Å². The maximum atomic E-state index is 12.9. The molecule has 0 atom stereocenters. The highest BCUT2D eigenvalue weighted by Crippen LogP contribution is 2.15. The molecule has 0 bridgehead atoms. The van der Waals surface area contributed by atoms with E-state index in [0.29, 0.717) is 11.5 Å². The molecule has 0 unspecified atom stereocenters. The summed E-state index contributed by atoms with van der Waals surface area (Å²) in [5.41, 5.74) is 6.97. The van der Waals surface area contributed by atoms with Gasteiger partial charge in [0.05, 0.1) is 6.21 Å². The van der Waals surface area contributed by atoms with E-state index < -0.39 is 5.91 Å². The number of amides is 2. The normalized spacial score (nSPS) is 11.5. The van der Waals surface area contributed by atoms with E-state index in [1.807, 2.05) is 73.6 Å². The van der Waals surface area contributed by atoms with Gasteiger partial charge in [-0.1, -0.05) is 68.4 Å². The first-order valence-electron chi connectivity index (χ1n) is 11.1. The Hall–Kier alpha value is -4.19. The third-order valence-corrected chi connectivity index (χ3v) is 5.23. The summed E-state index contributed by atoms with van der Waals surface area (Å²) in [6.45, 7) is 4.27. The van der Waals surface area contributed by atoms with E-state index in [1.165, 1.54) is 5.56 Å². The van der Waals surface area contributed by atoms with Gasteiger partial charge < -0.3 is 10.2 Å². The molecule has 3 rings (SSSR count). The van der Waals surface area contributed by atoms with Crippen LogP contribution in [0.25, 0.3) is 6.08 Å². The van der Waals surface area contributed by atoms with Gasteiger partial charge in [0.1, 0.15) is 5.70 Å². The summed E-state index contributed by atoms with van der Waals surface area (Å²) in [5.74, 6) is -0.449. The summed E-state index contributed by atoms with van der Waals surface area (Å²) in [7, 11) is 3.91. The molecule has 0 spiro atoms. The number of hydrazone groups is 1. The maximum absolute atomic E-state index is 12.9. The van der Waals surface area contributed by atoms with Crippen molar-refractivity contribution in [3.8, 4) is 0 Å². The fourth-order valence-electron chi connectivity index (χ4n) is 3.17. The molecule has 0 saturated carbocycles. The summed E-state index contributed by atoms with van der Waals surface area (Å²) in [5, 5.41) is 6.79. The largest absolute Gasteiger partial charge is 0.378 e. The molecule has 174 valence electrons. The van der Waals surface area contributed by atoms with Crippen LogP contribution >= 0.6 is 0 Å². The lowest BCUT2D eigenvalue weighted by Crippen LogP contribution is -2.32. The molecular weight excluding hydrogens is 424 g/mol. The number of benzene rings is 3. The number of carbonyl (C=O) groups is 2. The molecule has 0 fully saturated rings. The Kier molecular flexibility index (Phi) is 8.35. The van der Waals surface area contributed by atoms with E-state index in [-0.39, 0.29) is 11.6 Å². The summed E-state index contributed by atoms with van der Waals surface area (Å²) >= 11 is 0. The molecule has 2 N–H and O–H groups in total. The minimum absolute atomic E-state index is 0.0961. The zero-order chi connectivity index (χ0) is 24.5. The fourth-order valence-corrected chi connectivity index (χ4v) is 3.17. The molecule has 3 aromatic rings. The van der Waals surface area contributed by atoms with Crippen molar-refractivity contribution in [3.05, 3.63) is 107 Å². The van der Waals surface area contributed by atoms with Crippen molar-refractivity contribution in [2.24, 2.45) is 5.10 Å². The zero-order valence-corrected chi connectivity index (χ0v) is 19.9. The van der Waals surface area contributed by atoms with Gasteiger partial charge in [0, 0.05) is 25.3 Å². The van der Waals surface area contributed by atoms with E-state index in [0.717, 1.165) is 16.8 Å². The molecule has 3 aromatic carbocycles. The number of carbonyl (C=O) groups excluding carboxylic acids is 2. The van der Waals surface area contributed by atoms with Gasteiger partial charge in [-0.25, -0.2) is 5.43 Å². The molecule has 0 aliphatic rings. The summed E-state index contributed by atoms with van der Waals surface area (Å²) in [6.07, 6.45) is 3.20. The van der Waals surface area contributed by atoms with E-state index in [4.69, 9.17) is 0 Å². The molecule has 0 aliphatic carbocycles. The number of rotatable bonds is 8. The predicted molar refractivity (Wildman–Crippen MR) is 139 cm³/mol. The van der Waals surface area contributed by atoms with Crippen LogP contribution in [0.1, 0.15) is 46.8 Å². The second-order valence-electron chi connectivity index (χ2n) is 8.38. The smallest absolute Gasteiger partial charge is 0.287 e. The van der Waals surface area contributed by atoms with Crippen molar-refractivity contribution in [1.29, 1.82) is 0 Å². The Morgan fingerprint density at radius 1 is 0.853 bits per heavy atom. The highest BCUT2D eigenvalue weighted by atomic mass is 16.2. The van der Waals surface area contributed by atoms with Crippen LogP contribution in [0.4, 0.5) is 5.69 Å². The van der Waals surface area contributed by atoms with Crippen LogP contribution < -0.4 is 15.6 Å². The van der Waals surface area contributed by atoms with Gasteiger partial charge in [0.2, 0.25) is 0 Å². The molecular formula is C28H30N4O2. The Morgan fingerprint density at radius 2 is 1.47 bits per heavy atom. The molecule has 0 aliphatic heterocycles. The topological polar surface area (TPSA) is 73.8 Å². The Morgan fingerprint density at radius 3 is 2.06 bits per heavy atom. The van der Waals surface area contributed by atoms with Crippen molar-refractivity contribution in [2.75, 3.05) is 19.0 Å². The first kappa shape index (κ1) is 24.5. The van der Waals surface area contributed by atoms with E-state index in [9.17, 15) is 9.59 Å². The standard InChI is InChI=1S/C28H30N4O2/c1-20(2)23-14-10-22(11-15-23)19-29-31-28(34)26(30-27(33)24-8-6-5-7-9-24)18-21-12-16-25(17-13-21)32(3)4/h5-20H,1-4H3,(H,30,33)(H,31,34). The molecule has 6 nitrogen and oxygen atoms in total. The lowest BCUT2D eigenvalue weighted by molar-refractivity contribution is -0.117. The van der Waals surface area contributed by atoms with Crippen molar-refractivity contribution in [3.63, 3.8) is 0 Å². The number of anilines is 1. The van der Waals surface area contributed by atoms with E-state index in [2.05, 4.69) is 29.7 Å². The lowest BCUT2D eigenvalue weighted by Gasteiger charge is -2.12. The second kappa shape index (κ2) is 11.6. The number of hydrogen-bond donors (Lipinski definition) is 2. The van der Waals surface area contributed by atoms with Gasteiger partial charge in [-0.05, 0) is 52.9 Å². The number of nitrogens with zero attached hydrogens (tertiary/aromatic N) is 2. The average molecular weight is 455 g/mol. The van der Waals surface area contributed by atoms with Crippen molar-refractivity contribution in [1.82, 2.24) is 10.7 Å². The Balaban J connectivity index is 1.78. The quantitative estimate of drug-likeness (QED) is 0.292. The number of hydrogen-bond acceptors (Lipinski definition) is 4. The van der Waals surface area contributed by atoms with Crippen molar-refractivity contribution < 1.29 is 9.59 Å². The average Bonchev–Trinajstić information content (AvgIpc) is 2.84. The molecule has 0 radical (unpaired) electrons. The van der Waals surface area contributed by atoms with Crippen LogP contribution in [-0.4, -0.2) is 32.1 Å². The Bertz CT molecular complexity index is 1160. The number of nitrogens with one attached hydrogen (secondary N) is 2. The first-order valence-corrected chi connectivity index (χ1v) is 11.1. The third-order valence-electron chi connectivity index (χ3n) is 5.23. The molecule has 34 heavy (non-hydrogen) atoms. The highest BCUT2D eigenvalue weighted by molar-refractivity contribution is 6.05. The van der Waals surface area contributed by atoms with E-state index in [1.54, 1.807) is 36.6 Å². The summed E-state index contributed by atoms with van der Waals surface area (Å²) in [6, 6.07) is 24.4. The molecule has 0 aromatic heterocycles. The highest BCUT2D eigenvalue weighted by Gasteiger charge is 2.14. The van der Waals surface area contributed by atoms with E-state index >= 15 is 0 Å². The van der Waals surface area contributed by atoms with Crippen LogP contribution in [0.15, 0.2) is 89.7 Å². The molecule has 6 heteroatoms. The first-order chi connectivity index (χ1) is 16.3. The molecule has 0 saturated heterocycles. The van der Waals surface area contributed by atoms with Crippen LogP contribution in [0.5, 0.6) is 0 Å². The maximum Gasteiger partial charge on any atom is 0.287 e. The SMILES string of the molecule is CC(C)c1ccc(C=NNC(=O)C(=Cc2ccc(N(C)C)cc2)NC(=O)c2ccccc2)cc1. The molecule has 0 heterocycles. The van der Waals surface area contributed by atoms with Gasteiger partial charge in [0.25, 0.3) is 11.8 Å². The fraction of sp³-hybridized carbons (Fsp3) is 0.179. The van der Waals surface area contributed by atoms with Crippen LogP contribution in [0.3, 0.4) is 0 Å². The van der Waals surface area contributed by atoms with Crippen LogP contribution in [0.2, 0.25) is 0 Å². The Labute approximate surface area is 201 Å². The minimum Gasteiger partial charge on any atom is -0.378 e. The van der Waals surface area contributed by atoms with Crippen LogP contribution in [0, 0.1) is 0 Å². The van der Waals surface area contributed by atoms with Gasteiger partial charge >= 0.3 is 0 Å². The van der Waals surface area contributed by atoms with Crippen molar-refractivity contribution >= 4 is 29.8 Å². The zero-order valence-electron chi connectivity index (χ0n) is 19.9. The van der Waals surface area contributed by atoms with Gasteiger partial charge in [0.15, 0.2) is 0 Å². The van der Waals surface area contributed by atoms with Gasteiger partial charge in [-0.3, -0.25) is 9.59 Å². The second-order valence-corrected chi connectivity index (χ2v) is 8.38. The van der Waals surface area contributed by atoms with Crippen molar-refractivity contribution in [2.45, 2.75) is 19.8 Å².